The number of furan rings is 1. The van der Waals surface area contributed by atoms with E-state index >= 15 is 0 Å². The number of rotatable bonds is 6. The summed E-state index contributed by atoms with van der Waals surface area (Å²) in [6, 6.07) is 15.2. The first-order chi connectivity index (χ1) is 16.0. The van der Waals surface area contributed by atoms with E-state index in [1.54, 1.807) is 37.4 Å². The zero-order valence-electron chi connectivity index (χ0n) is 17.9. The Bertz CT molecular complexity index is 1390. The van der Waals surface area contributed by atoms with Gasteiger partial charge in [-0.25, -0.2) is 4.98 Å². The normalized spacial score (nSPS) is 16.1. The molecule has 0 saturated carbocycles. The number of aromatic nitrogens is 1. The maximum atomic E-state index is 13.3. The summed E-state index contributed by atoms with van der Waals surface area (Å²) in [5, 5.41) is 11.2. The number of fused-ring (bicyclic) bond motifs is 1. The lowest BCUT2D eigenvalue weighted by Crippen LogP contribution is -2.30. The Morgan fingerprint density at radius 3 is 2.67 bits per heavy atom. The van der Waals surface area contributed by atoms with Gasteiger partial charge < -0.3 is 14.3 Å². The molecule has 2 aromatic carbocycles. The fraction of sp³-hybridized carbons (Fsp3) is 0.160. The van der Waals surface area contributed by atoms with Crippen molar-refractivity contribution in [2.45, 2.75) is 19.4 Å². The molecule has 0 radical (unpaired) electrons. The number of anilines is 1. The van der Waals surface area contributed by atoms with E-state index in [0.29, 0.717) is 16.4 Å². The van der Waals surface area contributed by atoms with Crippen LogP contribution in [0.5, 0.6) is 5.75 Å². The van der Waals surface area contributed by atoms with E-state index in [1.165, 1.54) is 28.6 Å². The average Bonchev–Trinajstić information content (AvgIpc) is 3.57. The Hall–Kier alpha value is -3.91. The van der Waals surface area contributed by atoms with Crippen molar-refractivity contribution in [3.8, 4) is 5.75 Å². The highest BCUT2D eigenvalue weighted by Gasteiger charge is 2.46. The maximum Gasteiger partial charge on any atom is 0.296 e. The molecule has 1 aliphatic heterocycles. The number of nitrogens with zero attached hydrogens (tertiary/aromatic N) is 2. The molecule has 33 heavy (non-hydrogen) atoms. The zero-order valence-corrected chi connectivity index (χ0v) is 18.8. The van der Waals surface area contributed by atoms with Gasteiger partial charge >= 0.3 is 0 Å². The van der Waals surface area contributed by atoms with Crippen LogP contribution < -0.4 is 9.64 Å². The topological polar surface area (TPSA) is 92.9 Å². The molecule has 0 spiro atoms. The Morgan fingerprint density at radius 2 is 2.00 bits per heavy atom. The third-order valence-electron chi connectivity index (χ3n) is 5.69. The van der Waals surface area contributed by atoms with Crippen molar-refractivity contribution in [2.75, 3.05) is 12.0 Å². The van der Waals surface area contributed by atoms with E-state index in [0.717, 1.165) is 22.2 Å². The molecule has 7 nitrogen and oxygen atoms in total. The molecular weight excluding hydrogens is 440 g/mol. The highest BCUT2D eigenvalue weighted by Crippen LogP contribution is 2.44. The van der Waals surface area contributed by atoms with Gasteiger partial charge in [0.25, 0.3) is 5.91 Å². The van der Waals surface area contributed by atoms with Crippen LogP contribution >= 0.6 is 11.3 Å². The van der Waals surface area contributed by atoms with Crippen LogP contribution in [0.25, 0.3) is 10.2 Å². The molecule has 3 heterocycles. The molecule has 0 aliphatic carbocycles. The van der Waals surface area contributed by atoms with Crippen LogP contribution in [-0.2, 0) is 11.2 Å². The largest absolute Gasteiger partial charge is 0.503 e. The summed E-state index contributed by atoms with van der Waals surface area (Å²) in [7, 11) is 1.56. The van der Waals surface area contributed by atoms with Gasteiger partial charge in [-0.3, -0.25) is 14.5 Å². The van der Waals surface area contributed by atoms with Crippen molar-refractivity contribution in [1.29, 1.82) is 0 Å². The Balaban J connectivity index is 1.66. The van der Waals surface area contributed by atoms with Gasteiger partial charge in [-0.15, -0.1) is 0 Å². The van der Waals surface area contributed by atoms with Gasteiger partial charge in [0.1, 0.15) is 5.75 Å². The molecule has 8 heteroatoms. The van der Waals surface area contributed by atoms with E-state index in [9.17, 15) is 14.7 Å². The number of thiazole rings is 1. The summed E-state index contributed by atoms with van der Waals surface area (Å²) in [5.41, 5.74) is 2.50. The number of aryl methyl sites for hydroxylation is 1. The lowest BCUT2D eigenvalue weighted by molar-refractivity contribution is -0.117. The highest BCUT2D eigenvalue weighted by molar-refractivity contribution is 7.22. The summed E-state index contributed by atoms with van der Waals surface area (Å²) in [4.78, 5) is 32.6. The minimum atomic E-state index is -0.868. The van der Waals surface area contributed by atoms with Gasteiger partial charge in [0.2, 0.25) is 5.78 Å². The number of carbonyl (C=O) groups excluding carboxylic acids is 2. The minimum absolute atomic E-state index is 0.0431. The first kappa shape index (κ1) is 21.0. The van der Waals surface area contributed by atoms with Crippen molar-refractivity contribution in [3.05, 3.63) is 89.1 Å². The van der Waals surface area contributed by atoms with E-state index < -0.39 is 23.5 Å². The van der Waals surface area contributed by atoms with Crippen LogP contribution in [0.4, 0.5) is 5.13 Å². The number of hydrogen-bond acceptors (Lipinski definition) is 7. The van der Waals surface area contributed by atoms with Gasteiger partial charge in [0.15, 0.2) is 16.7 Å². The number of aliphatic hydroxyl groups excluding tert-OH is 1. The number of aliphatic hydroxyl groups is 1. The first-order valence-corrected chi connectivity index (χ1v) is 11.2. The van der Waals surface area contributed by atoms with Crippen LogP contribution in [0.3, 0.4) is 0 Å². The summed E-state index contributed by atoms with van der Waals surface area (Å²) in [6.45, 7) is 2.07. The van der Waals surface area contributed by atoms with Crippen LogP contribution in [-0.4, -0.2) is 28.9 Å². The molecule has 1 amide bonds. The lowest BCUT2D eigenvalue weighted by atomic mass is 9.95. The molecule has 5 rings (SSSR count). The maximum absolute atomic E-state index is 13.3. The van der Waals surface area contributed by atoms with Gasteiger partial charge in [-0.05, 0) is 53.9 Å². The molecule has 0 bridgehead atoms. The second kappa shape index (κ2) is 8.22. The molecule has 166 valence electrons. The fourth-order valence-electron chi connectivity index (χ4n) is 3.96. The van der Waals surface area contributed by atoms with E-state index in [4.69, 9.17) is 9.15 Å². The van der Waals surface area contributed by atoms with E-state index in [-0.39, 0.29) is 11.3 Å². The molecule has 1 atom stereocenters. The summed E-state index contributed by atoms with van der Waals surface area (Å²) in [5.74, 6) is -1.16. The SMILES string of the molecule is CCc1ccc2nc(N3C(=O)C(O)=C(C(=O)c4ccco4)[C@@H]3c3ccc(OC)cc3)sc2c1. The van der Waals surface area contributed by atoms with Gasteiger partial charge in [0, 0.05) is 0 Å². The monoisotopic (exact) mass is 460 g/mol. The van der Waals surface area contributed by atoms with Crippen LogP contribution in [0, 0.1) is 0 Å². The minimum Gasteiger partial charge on any atom is -0.503 e. The molecule has 4 aromatic rings. The predicted molar refractivity (Wildman–Crippen MR) is 125 cm³/mol. The second-order valence-electron chi connectivity index (χ2n) is 7.57. The summed E-state index contributed by atoms with van der Waals surface area (Å²) >= 11 is 1.34. The molecule has 0 saturated heterocycles. The highest BCUT2D eigenvalue weighted by atomic mass is 32.1. The van der Waals surface area contributed by atoms with Crippen molar-refractivity contribution >= 4 is 38.4 Å². The van der Waals surface area contributed by atoms with Gasteiger partial charge in [-0.2, -0.15) is 0 Å². The predicted octanol–water partition coefficient (Wildman–Crippen LogP) is 5.24. The number of carbonyl (C=O) groups is 2. The Kier molecular flexibility index (Phi) is 5.22. The van der Waals surface area contributed by atoms with Crippen molar-refractivity contribution in [3.63, 3.8) is 0 Å². The fourth-order valence-corrected chi connectivity index (χ4v) is 5.01. The molecule has 0 unspecified atom stereocenters. The standard InChI is InChI=1S/C25H20N2O5S/c1-3-14-6-11-17-19(13-14)33-25(26-17)27-21(15-7-9-16(31-2)10-8-15)20(23(29)24(27)30)22(28)18-5-4-12-32-18/h4-13,21,29H,3H2,1-2H3/t21-/m0/s1. The van der Waals surface area contributed by atoms with Crippen LogP contribution in [0.1, 0.15) is 34.6 Å². The summed E-state index contributed by atoms with van der Waals surface area (Å²) in [6.07, 6.45) is 2.26. The van der Waals surface area contributed by atoms with Crippen LogP contribution in [0.2, 0.25) is 0 Å². The van der Waals surface area contributed by atoms with Gasteiger partial charge in [0.05, 0.1) is 35.2 Å². The number of amides is 1. The van der Waals surface area contributed by atoms with Crippen LogP contribution in [0.15, 0.2) is 76.6 Å². The third kappa shape index (κ3) is 3.48. The van der Waals surface area contributed by atoms with E-state index in [1.807, 2.05) is 18.2 Å². The quantitative estimate of drug-likeness (QED) is 0.396. The van der Waals surface area contributed by atoms with Gasteiger partial charge in [-0.1, -0.05) is 36.5 Å². The van der Waals surface area contributed by atoms with Crippen molar-refractivity contribution < 1.29 is 23.8 Å². The number of methoxy groups -OCH3 is 1. The first-order valence-electron chi connectivity index (χ1n) is 10.4. The molecule has 2 aromatic heterocycles. The van der Waals surface area contributed by atoms with Crippen molar-refractivity contribution in [2.24, 2.45) is 0 Å². The second-order valence-corrected chi connectivity index (χ2v) is 8.58. The van der Waals surface area contributed by atoms with E-state index in [2.05, 4.69) is 11.9 Å². The number of hydrogen-bond donors (Lipinski definition) is 1. The molecule has 1 N–H and O–H groups in total. The number of Topliss-reactive ketones (excluding diaryl/α,β-unsaturated/α-hetero) is 1. The molecular formula is C25H20N2O5S. The van der Waals surface area contributed by atoms with Crippen molar-refractivity contribution in [1.82, 2.24) is 4.98 Å². The average molecular weight is 461 g/mol. The number of ether oxygens (including phenoxy) is 1. The Labute approximate surface area is 193 Å². The lowest BCUT2D eigenvalue weighted by Gasteiger charge is -2.24. The zero-order chi connectivity index (χ0) is 23.1. The third-order valence-corrected chi connectivity index (χ3v) is 6.70. The smallest absolute Gasteiger partial charge is 0.296 e. The number of benzene rings is 2. The summed E-state index contributed by atoms with van der Waals surface area (Å²) < 4.78 is 11.4. The number of ketones is 1. The molecule has 1 aliphatic rings. The molecule has 0 fully saturated rings. The Morgan fingerprint density at radius 1 is 1.21 bits per heavy atom.